The maximum Gasteiger partial charge on any atom is 0.265 e. The standard InChI is InChI=1S/C17H20N2O2S/c1-12-16(22-11-18-12)17(21)19-9-7-14(8-10-19)15(20)13-5-3-2-4-6-13/h2-6,11,14-15,20H,7-10H2,1H3/t15-/m0/s1. The fourth-order valence-electron chi connectivity index (χ4n) is 2.99. The average molecular weight is 316 g/mol. The van der Waals surface area contributed by atoms with Crippen molar-refractivity contribution >= 4 is 17.2 Å². The molecule has 116 valence electrons. The predicted octanol–water partition coefficient (Wildman–Crippen LogP) is 3.04. The van der Waals surface area contributed by atoms with E-state index in [4.69, 9.17) is 0 Å². The molecule has 0 unspecified atom stereocenters. The highest BCUT2D eigenvalue weighted by molar-refractivity contribution is 7.11. The Bertz CT molecular complexity index is 633. The first-order valence-corrected chi connectivity index (χ1v) is 8.47. The minimum atomic E-state index is -0.441. The molecule has 5 heteroatoms. The lowest BCUT2D eigenvalue weighted by Crippen LogP contribution is -2.39. The Hall–Kier alpha value is -1.72. The van der Waals surface area contributed by atoms with Gasteiger partial charge in [-0.15, -0.1) is 11.3 Å². The fraction of sp³-hybridized carbons (Fsp3) is 0.412. The summed E-state index contributed by atoms with van der Waals surface area (Å²) in [5.74, 6) is 0.293. The Kier molecular flexibility index (Phi) is 4.55. The van der Waals surface area contributed by atoms with Crippen LogP contribution in [0.3, 0.4) is 0 Å². The van der Waals surface area contributed by atoms with Gasteiger partial charge in [0.05, 0.1) is 17.3 Å². The molecule has 0 spiro atoms. The van der Waals surface area contributed by atoms with E-state index in [1.165, 1.54) is 11.3 Å². The first kappa shape index (κ1) is 15.2. The largest absolute Gasteiger partial charge is 0.388 e. The monoisotopic (exact) mass is 316 g/mol. The molecule has 1 atom stereocenters. The van der Waals surface area contributed by atoms with Gasteiger partial charge in [-0.05, 0) is 31.2 Å². The summed E-state index contributed by atoms with van der Waals surface area (Å²) >= 11 is 1.40. The molecule has 0 aliphatic carbocycles. The highest BCUT2D eigenvalue weighted by atomic mass is 32.1. The van der Waals surface area contributed by atoms with Crippen molar-refractivity contribution in [2.75, 3.05) is 13.1 Å². The van der Waals surface area contributed by atoms with Gasteiger partial charge in [0.25, 0.3) is 5.91 Å². The van der Waals surface area contributed by atoms with Gasteiger partial charge in [0.2, 0.25) is 0 Å². The number of hydrogen-bond acceptors (Lipinski definition) is 4. The average Bonchev–Trinajstić information content (AvgIpc) is 3.00. The van der Waals surface area contributed by atoms with Crippen LogP contribution in [0.4, 0.5) is 0 Å². The molecular weight excluding hydrogens is 296 g/mol. The Balaban J connectivity index is 1.61. The second-order valence-electron chi connectivity index (χ2n) is 5.75. The number of carbonyl (C=O) groups excluding carboxylic acids is 1. The summed E-state index contributed by atoms with van der Waals surface area (Å²) in [7, 11) is 0. The van der Waals surface area contributed by atoms with Crippen molar-refractivity contribution in [3.63, 3.8) is 0 Å². The SMILES string of the molecule is Cc1ncsc1C(=O)N1CCC([C@@H](O)c2ccccc2)CC1. The summed E-state index contributed by atoms with van der Waals surface area (Å²) < 4.78 is 0. The third-order valence-corrected chi connectivity index (χ3v) is 5.27. The first-order chi connectivity index (χ1) is 10.7. The molecule has 2 aromatic rings. The summed E-state index contributed by atoms with van der Waals surface area (Å²) in [6.07, 6.45) is 1.22. The van der Waals surface area contributed by atoms with Crippen LogP contribution in [-0.4, -0.2) is 34.0 Å². The third-order valence-electron chi connectivity index (χ3n) is 4.35. The molecule has 4 nitrogen and oxygen atoms in total. The minimum Gasteiger partial charge on any atom is -0.388 e. The second kappa shape index (κ2) is 6.58. The molecule has 2 heterocycles. The van der Waals surface area contributed by atoms with E-state index in [2.05, 4.69) is 4.98 Å². The van der Waals surface area contributed by atoms with E-state index >= 15 is 0 Å². The molecule has 1 saturated heterocycles. The molecule has 0 saturated carbocycles. The van der Waals surface area contributed by atoms with E-state index in [1.54, 1.807) is 5.51 Å². The summed E-state index contributed by atoms with van der Waals surface area (Å²) in [6.45, 7) is 3.27. The highest BCUT2D eigenvalue weighted by Gasteiger charge is 2.29. The number of aliphatic hydroxyl groups is 1. The summed E-state index contributed by atoms with van der Waals surface area (Å²) in [5, 5.41) is 10.5. The molecule has 22 heavy (non-hydrogen) atoms. The van der Waals surface area contributed by atoms with Crippen molar-refractivity contribution in [1.29, 1.82) is 0 Å². The van der Waals surface area contributed by atoms with Crippen LogP contribution in [0.5, 0.6) is 0 Å². The van der Waals surface area contributed by atoms with Gasteiger partial charge in [0, 0.05) is 13.1 Å². The van der Waals surface area contributed by atoms with Crippen LogP contribution in [0.15, 0.2) is 35.8 Å². The lowest BCUT2D eigenvalue weighted by atomic mass is 9.87. The number of aromatic nitrogens is 1. The van der Waals surface area contributed by atoms with Crippen molar-refractivity contribution < 1.29 is 9.90 Å². The summed E-state index contributed by atoms with van der Waals surface area (Å²) in [5.41, 5.74) is 3.49. The fourth-order valence-corrected chi connectivity index (χ4v) is 3.76. The maximum atomic E-state index is 12.5. The van der Waals surface area contributed by atoms with E-state index in [0.717, 1.165) is 29.0 Å². The lowest BCUT2D eigenvalue weighted by Gasteiger charge is -2.34. The zero-order chi connectivity index (χ0) is 15.5. The molecule has 1 N–H and O–H groups in total. The van der Waals surface area contributed by atoms with Gasteiger partial charge in [-0.25, -0.2) is 4.98 Å². The normalized spacial score (nSPS) is 17.5. The van der Waals surface area contributed by atoms with E-state index < -0.39 is 6.10 Å². The van der Waals surface area contributed by atoms with Crippen LogP contribution < -0.4 is 0 Å². The van der Waals surface area contributed by atoms with Crippen molar-refractivity contribution in [1.82, 2.24) is 9.88 Å². The van der Waals surface area contributed by atoms with Gasteiger partial charge in [-0.2, -0.15) is 0 Å². The van der Waals surface area contributed by atoms with Crippen molar-refractivity contribution in [3.8, 4) is 0 Å². The highest BCUT2D eigenvalue weighted by Crippen LogP contribution is 2.31. The smallest absolute Gasteiger partial charge is 0.265 e. The third kappa shape index (κ3) is 3.05. The molecule has 1 fully saturated rings. The van der Waals surface area contributed by atoms with Gasteiger partial charge in [-0.3, -0.25) is 4.79 Å². The molecular formula is C17H20N2O2S. The Labute approximate surface area is 134 Å². The molecule has 1 aromatic carbocycles. The molecule has 3 rings (SSSR count). The summed E-state index contributed by atoms with van der Waals surface area (Å²) in [6, 6.07) is 9.77. The van der Waals surface area contributed by atoms with Crippen LogP contribution in [0.25, 0.3) is 0 Å². The topological polar surface area (TPSA) is 53.4 Å². The van der Waals surface area contributed by atoms with Crippen molar-refractivity contribution in [2.45, 2.75) is 25.9 Å². The molecule has 1 amide bonds. The number of amides is 1. The van der Waals surface area contributed by atoms with Crippen LogP contribution in [0.2, 0.25) is 0 Å². The molecule has 1 aliphatic heterocycles. The first-order valence-electron chi connectivity index (χ1n) is 7.59. The minimum absolute atomic E-state index is 0.0765. The van der Waals surface area contributed by atoms with Gasteiger partial charge in [0.1, 0.15) is 4.88 Å². The number of carbonyl (C=O) groups is 1. The number of hydrogen-bond donors (Lipinski definition) is 1. The van der Waals surface area contributed by atoms with Gasteiger partial charge in [-0.1, -0.05) is 30.3 Å². The quantitative estimate of drug-likeness (QED) is 0.947. The van der Waals surface area contributed by atoms with Gasteiger partial charge < -0.3 is 10.0 Å². The number of benzene rings is 1. The summed E-state index contributed by atoms with van der Waals surface area (Å²) in [4.78, 5) is 19.2. The number of aliphatic hydroxyl groups excluding tert-OH is 1. The molecule has 0 radical (unpaired) electrons. The van der Waals surface area contributed by atoms with Crippen LogP contribution >= 0.6 is 11.3 Å². The Morgan fingerprint density at radius 1 is 1.32 bits per heavy atom. The van der Waals surface area contributed by atoms with E-state index in [9.17, 15) is 9.90 Å². The van der Waals surface area contributed by atoms with E-state index in [1.807, 2.05) is 42.2 Å². The van der Waals surface area contributed by atoms with Crippen LogP contribution in [-0.2, 0) is 0 Å². The van der Waals surface area contributed by atoms with Crippen molar-refractivity contribution in [3.05, 3.63) is 52.0 Å². The van der Waals surface area contributed by atoms with Crippen LogP contribution in [0.1, 0.15) is 39.9 Å². The zero-order valence-electron chi connectivity index (χ0n) is 12.6. The Morgan fingerprint density at radius 3 is 2.59 bits per heavy atom. The number of thiazole rings is 1. The maximum absolute atomic E-state index is 12.5. The van der Waals surface area contributed by atoms with Gasteiger partial charge in [0.15, 0.2) is 0 Å². The molecule has 1 aromatic heterocycles. The van der Waals surface area contributed by atoms with Crippen molar-refractivity contribution in [2.24, 2.45) is 5.92 Å². The van der Waals surface area contributed by atoms with E-state index in [-0.39, 0.29) is 11.8 Å². The number of aryl methyl sites for hydroxylation is 1. The number of likely N-dealkylation sites (tertiary alicyclic amines) is 1. The molecule has 1 aliphatic rings. The predicted molar refractivity (Wildman–Crippen MR) is 86.9 cm³/mol. The second-order valence-corrected chi connectivity index (χ2v) is 6.61. The number of piperidine rings is 1. The number of nitrogens with zero attached hydrogens (tertiary/aromatic N) is 2. The van der Waals surface area contributed by atoms with E-state index in [0.29, 0.717) is 13.1 Å². The lowest BCUT2D eigenvalue weighted by molar-refractivity contribution is 0.0465. The Morgan fingerprint density at radius 2 is 2.00 bits per heavy atom. The molecule has 0 bridgehead atoms. The zero-order valence-corrected chi connectivity index (χ0v) is 13.4. The number of rotatable bonds is 3. The van der Waals surface area contributed by atoms with Gasteiger partial charge >= 0.3 is 0 Å². The van der Waals surface area contributed by atoms with Crippen LogP contribution in [0, 0.1) is 12.8 Å².